The molecule has 1 heterocycles. The number of aryl methyl sites for hydroxylation is 2. The summed E-state index contributed by atoms with van der Waals surface area (Å²) in [4.78, 5) is 11.0. The van der Waals surface area contributed by atoms with Gasteiger partial charge < -0.3 is 14.8 Å². The lowest BCUT2D eigenvalue weighted by Gasteiger charge is -2.09. The first-order chi connectivity index (χ1) is 9.11. The van der Waals surface area contributed by atoms with Crippen molar-refractivity contribution in [2.75, 3.05) is 5.32 Å². The van der Waals surface area contributed by atoms with Crippen molar-refractivity contribution in [3.8, 4) is 0 Å². The Hall–Kier alpha value is -2.23. The highest BCUT2D eigenvalue weighted by Crippen LogP contribution is 2.18. The SMILES string of the molecule is CCc1cc(NCc2occc2C(=O)O)ccc1C. The maximum absolute atomic E-state index is 11.0. The Kier molecular flexibility index (Phi) is 3.90. The molecule has 0 atom stereocenters. The Morgan fingerprint density at radius 2 is 2.16 bits per heavy atom. The van der Waals surface area contributed by atoms with Crippen LogP contribution in [-0.2, 0) is 13.0 Å². The zero-order valence-corrected chi connectivity index (χ0v) is 11.1. The molecule has 1 aromatic heterocycles. The molecule has 0 spiro atoms. The molecule has 0 saturated heterocycles. The van der Waals surface area contributed by atoms with Crippen molar-refractivity contribution >= 4 is 11.7 Å². The number of carbonyl (C=O) groups is 1. The Morgan fingerprint density at radius 3 is 2.84 bits per heavy atom. The minimum absolute atomic E-state index is 0.204. The summed E-state index contributed by atoms with van der Waals surface area (Å²) in [6, 6.07) is 7.59. The van der Waals surface area contributed by atoms with Crippen LogP contribution in [0.3, 0.4) is 0 Å². The first kappa shape index (κ1) is 13.2. The molecule has 0 unspecified atom stereocenters. The summed E-state index contributed by atoms with van der Waals surface area (Å²) in [5.41, 5.74) is 3.71. The second-order valence-corrected chi connectivity index (χ2v) is 4.41. The predicted octanol–water partition coefficient (Wildman–Crippen LogP) is 3.46. The molecule has 0 fully saturated rings. The molecule has 2 aromatic rings. The summed E-state index contributed by atoms with van der Waals surface area (Å²) < 4.78 is 5.18. The molecule has 0 radical (unpaired) electrons. The predicted molar refractivity (Wildman–Crippen MR) is 73.6 cm³/mol. The highest BCUT2D eigenvalue weighted by Gasteiger charge is 2.12. The van der Waals surface area contributed by atoms with Gasteiger partial charge in [0.2, 0.25) is 0 Å². The van der Waals surface area contributed by atoms with Crippen LogP contribution >= 0.6 is 0 Å². The van der Waals surface area contributed by atoms with Crippen molar-refractivity contribution in [2.45, 2.75) is 26.8 Å². The number of benzene rings is 1. The van der Waals surface area contributed by atoms with E-state index in [4.69, 9.17) is 9.52 Å². The molecule has 0 bridgehead atoms. The maximum Gasteiger partial charge on any atom is 0.339 e. The van der Waals surface area contributed by atoms with Crippen molar-refractivity contribution in [1.82, 2.24) is 0 Å². The van der Waals surface area contributed by atoms with Gasteiger partial charge in [-0.3, -0.25) is 0 Å². The quantitative estimate of drug-likeness (QED) is 0.863. The fourth-order valence-corrected chi connectivity index (χ4v) is 2.01. The Bertz CT molecular complexity index is 587. The van der Waals surface area contributed by atoms with Crippen LogP contribution in [0.15, 0.2) is 34.9 Å². The summed E-state index contributed by atoms with van der Waals surface area (Å²) in [5.74, 6) is -0.533. The van der Waals surface area contributed by atoms with Gasteiger partial charge in [0.15, 0.2) is 0 Å². The van der Waals surface area contributed by atoms with Crippen LogP contribution < -0.4 is 5.32 Å². The van der Waals surface area contributed by atoms with Gasteiger partial charge in [0.05, 0.1) is 12.8 Å². The van der Waals surface area contributed by atoms with Crippen LogP contribution in [0.1, 0.15) is 34.2 Å². The fourth-order valence-electron chi connectivity index (χ4n) is 2.01. The largest absolute Gasteiger partial charge is 0.478 e. The van der Waals surface area contributed by atoms with Crippen LogP contribution in [0.5, 0.6) is 0 Å². The smallest absolute Gasteiger partial charge is 0.339 e. The van der Waals surface area contributed by atoms with E-state index < -0.39 is 5.97 Å². The molecule has 0 aliphatic rings. The average molecular weight is 259 g/mol. The van der Waals surface area contributed by atoms with Gasteiger partial charge >= 0.3 is 5.97 Å². The van der Waals surface area contributed by atoms with Gasteiger partial charge in [-0.05, 0) is 42.7 Å². The van der Waals surface area contributed by atoms with E-state index in [0.29, 0.717) is 12.3 Å². The molecule has 4 nitrogen and oxygen atoms in total. The van der Waals surface area contributed by atoms with E-state index in [9.17, 15) is 4.79 Å². The zero-order chi connectivity index (χ0) is 13.8. The molecule has 0 aliphatic heterocycles. The highest BCUT2D eigenvalue weighted by atomic mass is 16.4. The summed E-state index contributed by atoms with van der Waals surface area (Å²) in [6.07, 6.45) is 2.37. The Labute approximate surface area is 112 Å². The third-order valence-electron chi connectivity index (χ3n) is 3.16. The number of hydrogen-bond acceptors (Lipinski definition) is 3. The van der Waals surface area contributed by atoms with Crippen LogP contribution in [0.2, 0.25) is 0 Å². The number of carboxylic acid groups (broad SMARTS) is 1. The van der Waals surface area contributed by atoms with Gasteiger partial charge in [-0.2, -0.15) is 0 Å². The molecular weight excluding hydrogens is 242 g/mol. The standard InChI is InChI=1S/C15H17NO3/c1-3-11-8-12(5-4-10(11)2)16-9-14-13(15(17)18)6-7-19-14/h4-8,16H,3,9H2,1-2H3,(H,17,18). The lowest BCUT2D eigenvalue weighted by Crippen LogP contribution is -2.05. The van der Waals surface area contributed by atoms with E-state index in [1.165, 1.54) is 23.5 Å². The lowest BCUT2D eigenvalue weighted by molar-refractivity contribution is 0.0694. The fraction of sp³-hybridized carbons (Fsp3) is 0.267. The molecule has 0 amide bonds. The van der Waals surface area contributed by atoms with Crippen LogP contribution in [0.25, 0.3) is 0 Å². The summed E-state index contributed by atoms with van der Waals surface area (Å²) in [7, 11) is 0. The number of rotatable bonds is 5. The van der Waals surface area contributed by atoms with E-state index >= 15 is 0 Å². The van der Waals surface area contributed by atoms with Crippen molar-refractivity contribution < 1.29 is 14.3 Å². The summed E-state index contributed by atoms with van der Waals surface area (Å²) in [6.45, 7) is 4.56. The monoisotopic (exact) mass is 259 g/mol. The molecule has 1 aromatic carbocycles. The summed E-state index contributed by atoms with van der Waals surface area (Å²) >= 11 is 0. The van der Waals surface area contributed by atoms with E-state index in [2.05, 4.69) is 31.3 Å². The van der Waals surface area contributed by atoms with Crippen molar-refractivity contribution in [3.63, 3.8) is 0 Å². The van der Waals surface area contributed by atoms with E-state index in [1.807, 2.05) is 6.07 Å². The molecule has 2 N–H and O–H groups in total. The number of furan rings is 1. The molecule has 4 heteroatoms. The first-order valence-corrected chi connectivity index (χ1v) is 6.25. The maximum atomic E-state index is 11.0. The van der Waals surface area contributed by atoms with Crippen molar-refractivity contribution in [1.29, 1.82) is 0 Å². The molecule has 100 valence electrons. The number of hydrogen-bond donors (Lipinski definition) is 2. The Balaban J connectivity index is 2.10. The van der Waals surface area contributed by atoms with Crippen LogP contribution in [0.4, 0.5) is 5.69 Å². The van der Waals surface area contributed by atoms with E-state index in [0.717, 1.165) is 12.1 Å². The lowest BCUT2D eigenvalue weighted by atomic mass is 10.1. The number of carboxylic acids is 1. The van der Waals surface area contributed by atoms with Gasteiger partial charge in [-0.1, -0.05) is 13.0 Å². The topological polar surface area (TPSA) is 62.5 Å². The van der Waals surface area contributed by atoms with Gasteiger partial charge in [0.25, 0.3) is 0 Å². The van der Waals surface area contributed by atoms with Crippen molar-refractivity contribution in [2.24, 2.45) is 0 Å². The molecular formula is C15H17NO3. The first-order valence-electron chi connectivity index (χ1n) is 6.25. The molecule has 0 aliphatic carbocycles. The minimum atomic E-state index is -0.969. The minimum Gasteiger partial charge on any atom is -0.478 e. The second kappa shape index (κ2) is 5.61. The highest BCUT2D eigenvalue weighted by molar-refractivity contribution is 5.88. The normalized spacial score (nSPS) is 10.4. The average Bonchev–Trinajstić information content (AvgIpc) is 2.86. The summed E-state index contributed by atoms with van der Waals surface area (Å²) in [5, 5.41) is 12.2. The van der Waals surface area contributed by atoms with Crippen molar-refractivity contribution in [3.05, 3.63) is 53.0 Å². The zero-order valence-electron chi connectivity index (χ0n) is 11.1. The Morgan fingerprint density at radius 1 is 1.37 bits per heavy atom. The second-order valence-electron chi connectivity index (χ2n) is 4.41. The van der Waals surface area contributed by atoms with E-state index in [-0.39, 0.29) is 5.56 Å². The third-order valence-corrected chi connectivity index (χ3v) is 3.16. The number of anilines is 1. The molecule has 19 heavy (non-hydrogen) atoms. The number of aromatic carboxylic acids is 1. The van der Waals surface area contributed by atoms with Gasteiger partial charge in [0, 0.05) is 5.69 Å². The van der Waals surface area contributed by atoms with Gasteiger partial charge in [-0.25, -0.2) is 4.79 Å². The van der Waals surface area contributed by atoms with E-state index in [1.54, 1.807) is 0 Å². The van der Waals surface area contributed by atoms with Crippen LogP contribution in [-0.4, -0.2) is 11.1 Å². The molecule has 2 rings (SSSR count). The van der Waals surface area contributed by atoms with Gasteiger partial charge in [-0.15, -0.1) is 0 Å². The van der Waals surface area contributed by atoms with Crippen LogP contribution in [0, 0.1) is 6.92 Å². The van der Waals surface area contributed by atoms with Gasteiger partial charge in [0.1, 0.15) is 11.3 Å². The molecule has 0 saturated carbocycles. The third kappa shape index (κ3) is 2.96. The number of nitrogens with one attached hydrogen (secondary N) is 1.